The molecule has 0 saturated heterocycles. The molecule has 0 spiro atoms. The summed E-state index contributed by atoms with van der Waals surface area (Å²) < 4.78 is 40.4. The molecule has 0 atom stereocenters. The SMILES string of the molecule is Cc1nc(Cl)ccc1NS(=O)(=O)c1ccc(Cl)c(F)c1Cl. The Labute approximate surface area is 135 Å². The van der Waals surface area contributed by atoms with Gasteiger partial charge in [0.1, 0.15) is 10.0 Å². The number of hydrogen-bond donors (Lipinski definition) is 1. The predicted molar refractivity (Wildman–Crippen MR) is 81.2 cm³/mol. The third kappa shape index (κ3) is 3.40. The van der Waals surface area contributed by atoms with Crippen LogP contribution in [0.3, 0.4) is 0 Å². The summed E-state index contributed by atoms with van der Waals surface area (Å²) in [5.41, 5.74) is 0.586. The number of pyridine rings is 1. The standard InChI is InChI=1S/C12H8Cl3FN2O2S/c1-6-8(3-5-10(14)17-6)18-21(19,20)9-4-2-7(13)12(16)11(9)15/h2-5,18H,1H3. The summed E-state index contributed by atoms with van der Waals surface area (Å²) in [4.78, 5) is 3.50. The Morgan fingerprint density at radius 2 is 1.81 bits per heavy atom. The number of aryl methyl sites for hydroxylation is 1. The van der Waals surface area contributed by atoms with Gasteiger partial charge < -0.3 is 0 Å². The summed E-state index contributed by atoms with van der Waals surface area (Å²) in [6, 6.07) is 5.11. The molecule has 0 fully saturated rings. The highest BCUT2D eigenvalue weighted by Gasteiger charge is 2.22. The molecule has 1 aromatic heterocycles. The monoisotopic (exact) mass is 368 g/mol. The van der Waals surface area contributed by atoms with Crippen molar-refractivity contribution in [2.45, 2.75) is 11.8 Å². The first kappa shape index (κ1) is 16.3. The van der Waals surface area contributed by atoms with Crippen molar-refractivity contribution in [1.82, 2.24) is 4.98 Å². The molecule has 1 aromatic carbocycles. The van der Waals surface area contributed by atoms with Gasteiger partial charge in [-0.1, -0.05) is 34.8 Å². The van der Waals surface area contributed by atoms with Crippen LogP contribution < -0.4 is 4.72 Å². The topological polar surface area (TPSA) is 59.1 Å². The van der Waals surface area contributed by atoms with Crippen LogP contribution >= 0.6 is 34.8 Å². The lowest BCUT2D eigenvalue weighted by atomic mass is 10.3. The fourth-order valence-corrected chi connectivity index (χ4v) is 3.61. The van der Waals surface area contributed by atoms with Gasteiger partial charge in [-0.2, -0.15) is 0 Å². The van der Waals surface area contributed by atoms with Gasteiger partial charge in [-0.25, -0.2) is 17.8 Å². The highest BCUT2D eigenvalue weighted by atomic mass is 35.5. The van der Waals surface area contributed by atoms with E-state index < -0.39 is 25.8 Å². The largest absolute Gasteiger partial charge is 0.278 e. The molecule has 2 aromatic rings. The quantitative estimate of drug-likeness (QED) is 0.648. The number of aromatic nitrogens is 1. The maximum atomic E-state index is 13.6. The Bertz CT molecular complexity index is 812. The van der Waals surface area contributed by atoms with E-state index in [2.05, 4.69) is 9.71 Å². The van der Waals surface area contributed by atoms with Gasteiger partial charge >= 0.3 is 0 Å². The Kier molecular flexibility index (Phi) is 4.63. The number of anilines is 1. The minimum absolute atomic E-state index is 0.214. The number of sulfonamides is 1. The zero-order valence-corrected chi connectivity index (χ0v) is 13.6. The number of nitrogens with one attached hydrogen (secondary N) is 1. The van der Waals surface area contributed by atoms with Crippen molar-refractivity contribution < 1.29 is 12.8 Å². The van der Waals surface area contributed by atoms with Gasteiger partial charge in [0.05, 0.1) is 21.4 Å². The summed E-state index contributed by atoms with van der Waals surface area (Å²) in [6.07, 6.45) is 0. The fraction of sp³-hybridized carbons (Fsp3) is 0.0833. The second kappa shape index (κ2) is 5.96. The van der Waals surface area contributed by atoms with E-state index in [4.69, 9.17) is 34.8 Å². The first-order valence-corrected chi connectivity index (χ1v) is 8.13. The molecule has 1 heterocycles. The van der Waals surface area contributed by atoms with Gasteiger partial charge in [0.2, 0.25) is 0 Å². The molecule has 4 nitrogen and oxygen atoms in total. The van der Waals surface area contributed by atoms with Crippen molar-refractivity contribution in [3.8, 4) is 0 Å². The Hall–Kier alpha value is -1.08. The van der Waals surface area contributed by atoms with Crippen LogP contribution in [0.1, 0.15) is 5.69 Å². The minimum Gasteiger partial charge on any atom is -0.278 e. The smallest absolute Gasteiger partial charge is 0.263 e. The predicted octanol–water partition coefficient (Wildman–Crippen LogP) is 4.29. The van der Waals surface area contributed by atoms with Crippen LogP contribution in [0.15, 0.2) is 29.2 Å². The summed E-state index contributed by atoms with van der Waals surface area (Å²) in [6.45, 7) is 1.58. The van der Waals surface area contributed by atoms with Gasteiger partial charge in [-0.15, -0.1) is 0 Å². The number of nitrogens with zero attached hydrogens (tertiary/aromatic N) is 1. The highest BCUT2D eigenvalue weighted by molar-refractivity contribution is 7.92. The molecular weight excluding hydrogens is 362 g/mol. The molecular formula is C12H8Cl3FN2O2S. The van der Waals surface area contributed by atoms with Crippen LogP contribution in [-0.4, -0.2) is 13.4 Å². The van der Waals surface area contributed by atoms with E-state index in [1.165, 1.54) is 12.1 Å². The van der Waals surface area contributed by atoms with Crippen LogP contribution in [0.5, 0.6) is 0 Å². The second-order valence-corrected chi connectivity index (χ2v) is 6.87. The minimum atomic E-state index is -4.08. The molecule has 0 aliphatic rings. The molecule has 2 rings (SSSR count). The fourth-order valence-electron chi connectivity index (χ4n) is 1.55. The molecule has 0 aliphatic carbocycles. The first-order chi connectivity index (χ1) is 9.72. The lowest BCUT2D eigenvalue weighted by Crippen LogP contribution is -2.15. The highest BCUT2D eigenvalue weighted by Crippen LogP contribution is 2.31. The normalized spacial score (nSPS) is 11.5. The molecule has 112 valence electrons. The first-order valence-electron chi connectivity index (χ1n) is 5.52. The number of benzene rings is 1. The number of hydrogen-bond acceptors (Lipinski definition) is 3. The van der Waals surface area contributed by atoms with Crippen molar-refractivity contribution in [3.05, 3.63) is 51.0 Å². The van der Waals surface area contributed by atoms with E-state index in [-0.39, 0.29) is 15.9 Å². The lowest BCUT2D eigenvalue weighted by Gasteiger charge is -2.12. The van der Waals surface area contributed by atoms with Crippen LogP contribution in [-0.2, 0) is 10.0 Å². The Balaban J connectivity index is 2.46. The van der Waals surface area contributed by atoms with Gasteiger partial charge in [0.25, 0.3) is 10.0 Å². The molecule has 9 heteroatoms. The molecule has 0 unspecified atom stereocenters. The van der Waals surface area contributed by atoms with E-state index in [9.17, 15) is 12.8 Å². The lowest BCUT2D eigenvalue weighted by molar-refractivity contribution is 0.595. The van der Waals surface area contributed by atoms with Gasteiger partial charge in [0, 0.05) is 0 Å². The van der Waals surface area contributed by atoms with Crippen LogP contribution in [0.4, 0.5) is 10.1 Å². The molecule has 0 saturated carbocycles. The summed E-state index contributed by atoms with van der Waals surface area (Å²) in [5, 5.41) is -0.608. The van der Waals surface area contributed by atoms with Gasteiger partial charge in [-0.05, 0) is 31.2 Å². The average molecular weight is 370 g/mol. The molecule has 1 N–H and O–H groups in total. The van der Waals surface area contributed by atoms with E-state index in [0.29, 0.717) is 5.69 Å². The van der Waals surface area contributed by atoms with Crippen molar-refractivity contribution in [2.75, 3.05) is 4.72 Å². The van der Waals surface area contributed by atoms with E-state index >= 15 is 0 Å². The van der Waals surface area contributed by atoms with E-state index in [1.807, 2.05) is 0 Å². The van der Waals surface area contributed by atoms with Crippen LogP contribution in [0, 0.1) is 12.7 Å². The van der Waals surface area contributed by atoms with Crippen molar-refractivity contribution >= 4 is 50.5 Å². The second-order valence-electron chi connectivity index (χ2n) is 4.05. The van der Waals surface area contributed by atoms with Crippen LogP contribution in [0.25, 0.3) is 0 Å². The third-order valence-corrected chi connectivity index (χ3v) is 4.98. The van der Waals surface area contributed by atoms with E-state index in [1.54, 1.807) is 6.92 Å². The summed E-state index contributed by atoms with van der Waals surface area (Å²) in [5.74, 6) is -0.993. The van der Waals surface area contributed by atoms with Crippen molar-refractivity contribution in [3.63, 3.8) is 0 Å². The van der Waals surface area contributed by atoms with Crippen LogP contribution in [0.2, 0.25) is 15.2 Å². The molecule has 0 amide bonds. The zero-order valence-electron chi connectivity index (χ0n) is 10.5. The Morgan fingerprint density at radius 3 is 2.43 bits per heavy atom. The zero-order chi connectivity index (χ0) is 15.8. The van der Waals surface area contributed by atoms with Crippen molar-refractivity contribution in [2.24, 2.45) is 0 Å². The van der Waals surface area contributed by atoms with Crippen molar-refractivity contribution in [1.29, 1.82) is 0 Å². The van der Waals surface area contributed by atoms with E-state index in [0.717, 1.165) is 12.1 Å². The van der Waals surface area contributed by atoms with Gasteiger partial charge in [-0.3, -0.25) is 4.72 Å². The maximum Gasteiger partial charge on any atom is 0.263 e. The Morgan fingerprint density at radius 1 is 1.14 bits per heavy atom. The average Bonchev–Trinajstić information content (AvgIpc) is 2.39. The molecule has 0 bridgehead atoms. The van der Waals surface area contributed by atoms with Gasteiger partial charge in [0.15, 0.2) is 5.82 Å². The summed E-state index contributed by atoms with van der Waals surface area (Å²) >= 11 is 16.9. The summed E-state index contributed by atoms with van der Waals surface area (Å²) in [7, 11) is -4.08. The molecule has 0 radical (unpaired) electrons. The maximum absolute atomic E-state index is 13.6. The molecule has 21 heavy (non-hydrogen) atoms. The number of halogens is 4. The molecule has 0 aliphatic heterocycles. The number of rotatable bonds is 3. The third-order valence-electron chi connectivity index (χ3n) is 2.59.